The molecule has 4 heterocycles. The van der Waals surface area contributed by atoms with Gasteiger partial charge in [0.15, 0.2) is 0 Å². The molecule has 2 saturated heterocycles. The number of hydrogen-bond donors (Lipinski definition) is 1. The van der Waals surface area contributed by atoms with E-state index in [2.05, 4.69) is 15.2 Å². The number of pyridine rings is 1. The Morgan fingerprint density at radius 2 is 1.88 bits per heavy atom. The van der Waals surface area contributed by atoms with Crippen LogP contribution in [0.2, 0.25) is 0 Å². The Morgan fingerprint density at radius 3 is 2.62 bits per heavy atom. The number of carbonyl (C=O) groups is 1. The molecule has 26 heavy (non-hydrogen) atoms. The maximum Gasteiger partial charge on any atom is 0.270 e. The average Bonchev–Trinajstić information content (AvgIpc) is 2.98. The summed E-state index contributed by atoms with van der Waals surface area (Å²) in [6.07, 6.45) is 6.28. The standard InChI is InChI=1S/C20H28N4O2/c1-14-3-4-18-21-15(2)19(24(18)13-14)20(25)22-16-5-9-23(10-6-16)17-7-11-26-12-8-17/h3-4,13,16-17H,5-12H2,1-2H3,(H,22,25). The van der Waals surface area contributed by atoms with Gasteiger partial charge in [-0.1, -0.05) is 6.07 Å². The van der Waals surface area contributed by atoms with Crippen molar-refractivity contribution in [2.24, 2.45) is 0 Å². The van der Waals surface area contributed by atoms with Gasteiger partial charge in [-0.15, -0.1) is 0 Å². The summed E-state index contributed by atoms with van der Waals surface area (Å²) >= 11 is 0. The van der Waals surface area contributed by atoms with Gasteiger partial charge in [-0.05, 0) is 51.2 Å². The van der Waals surface area contributed by atoms with Crippen LogP contribution in [0.25, 0.3) is 5.65 Å². The fourth-order valence-corrected chi connectivity index (χ4v) is 4.26. The van der Waals surface area contributed by atoms with E-state index in [1.807, 2.05) is 36.6 Å². The molecule has 140 valence electrons. The zero-order valence-electron chi connectivity index (χ0n) is 15.7. The van der Waals surface area contributed by atoms with E-state index in [-0.39, 0.29) is 11.9 Å². The summed E-state index contributed by atoms with van der Waals surface area (Å²) in [6.45, 7) is 7.82. The minimum Gasteiger partial charge on any atom is -0.381 e. The van der Waals surface area contributed by atoms with Crippen molar-refractivity contribution in [1.29, 1.82) is 0 Å². The number of piperidine rings is 1. The molecule has 6 heteroatoms. The van der Waals surface area contributed by atoms with Crippen molar-refractivity contribution in [3.05, 3.63) is 35.3 Å². The number of fused-ring (bicyclic) bond motifs is 1. The number of nitrogens with zero attached hydrogens (tertiary/aromatic N) is 3. The molecule has 0 saturated carbocycles. The lowest BCUT2D eigenvalue weighted by Crippen LogP contribution is -2.49. The lowest BCUT2D eigenvalue weighted by atomic mass is 9.99. The summed E-state index contributed by atoms with van der Waals surface area (Å²) in [4.78, 5) is 20.0. The number of imidazole rings is 1. The minimum absolute atomic E-state index is 0.00915. The molecule has 0 radical (unpaired) electrons. The van der Waals surface area contributed by atoms with Gasteiger partial charge in [-0.25, -0.2) is 4.98 Å². The van der Waals surface area contributed by atoms with Crippen LogP contribution >= 0.6 is 0 Å². The predicted octanol–water partition coefficient (Wildman–Crippen LogP) is 2.32. The molecule has 2 aromatic rings. The Labute approximate surface area is 154 Å². The highest BCUT2D eigenvalue weighted by Crippen LogP contribution is 2.21. The second kappa shape index (κ2) is 7.37. The third-order valence-corrected chi connectivity index (χ3v) is 5.73. The second-order valence-electron chi connectivity index (χ2n) is 7.61. The van der Waals surface area contributed by atoms with E-state index in [9.17, 15) is 4.79 Å². The van der Waals surface area contributed by atoms with Crippen LogP contribution in [0.5, 0.6) is 0 Å². The molecule has 0 bridgehead atoms. The molecular weight excluding hydrogens is 328 g/mol. The zero-order valence-corrected chi connectivity index (χ0v) is 15.7. The predicted molar refractivity (Wildman–Crippen MR) is 101 cm³/mol. The molecule has 1 amide bonds. The van der Waals surface area contributed by atoms with E-state index in [1.54, 1.807) is 0 Å². The third kappa shape index (κ3) is 3.48. The molecule has 2 fully saturated rings. The molecule has 0 spiro atoms. The Bertz CT molecular complexity index is 786. The van der Waals surface area contributed by atoms with Crippen molar-refractivity contribution < 1.29 is 9.53 Å². The Kier molecular flexibility index (Phi) is 4.96. The Balaban J connectivity index is 1.40. The van der Waals surface area contributed by atoms with Crippen molar-refractivity contribution >= 4 is 11.6 Å². The smallest absolute Gasteiger partial charge is 0.270 e. The molecular formula is C20H28N4O2. The summed E-state index contributed by atoms with van der Waals surface area (Å²) in [7, 11) is 0. The van der Waals surface area contributed by atoms with Gasteiger partial charge < -0.3 is 15.0 Å². The normalized spacial score (nSPS) is 20.5. The highest BCUT2D eigenvalue weighted by atomic mass is 16.5. The quantitative estimate of drug-likeness (QED) is 0.917. The Hall–Kier alpha value is -1.92. The molecule has 6 nitrogen and oxygen atoms in total. The van der Waals surface area contributed by atoms with Gasteiger partial charge in [0.05, 0.1) is 5.69 Å². The highest BCUT2D eigenvalue weighted by Gasteiger charge is 2.28. The first-order valence-corrected chi connectivity index (χ1v) is 9.70. The van der Waals surface area contributed by atoms with Crippen molar-refractivity contribution in [3.8, 4) is 0 Å². The largest absolute Gasteiger partial charge is 0.381 e. The maximum atomic E-state index is 12.9. The summed E-state index contributed by atoms with van der Waals surface area (Å²) in [5.41, 5.74) is 3.39. The maximum absolute atomic E-state index is 12.9. The SMILES string of the molecule is Cc1ccc2nc(C)c(C(=O)NC3CCN(C4CCOCC4)CC3)n2c1. The van der Waals surface area contributed by atoms with Crippen LogP contribution in [-0.4, -0.2) is 58.6 Å². The van der Waals surface area contributed by atoms with Gasteiger partial charge in [-0.3, -0.25) is 9.20 Å². The molecule has 0 atom stereocenters. The van der Waals surface area contributed by atoms with Gasteiger partial charge >= 0.3 is 0 Å². The van der Waals surface area contributed by atoms with Crippen LogP contribution in [-0.2, 0) is 4.74 Å². The summed E-state index contributed by atoms with van der Waals surface area (Å²) < 4.78 is 7.38. The van der Waals surface area contributed by atoms with Crippen molar-refractivity contribution in [2.45, 2.75) is 51.6 Å². The van der Waals surface area contributed by atoms with Crippen molar-refractivity contribution in [1.82, 2.24) is 19.6 Å². The molecule has 4 rings (SSSR count). The van der Waals surface area contributed by atoms with E-state index < -0.39 is 0 Å². The van der Waals surface area contributed by atoms with Crippen LogP contribution in [0.15, 0.2) is 18.3 Å². The average molecular weight is 356 g/mol. The van der Waals surface area contributed by atoms with Crippen molar-refractivity contribution in [3.63, 3.8) is 0 Å². The van der Waals surface area contributed by atoms with E-state index in [0.717, 1.165) is 68.9 Å². The summed E-state index contributed by atoms with van der Waals surface area (Å²) in [6, 6.07) is 4.89. The first-order chi connectivity index (χ1) is 12.6. The number of aryl methyl sites for hydroxylation is 2. The van der Waals surface area contributed by atoms with Crippen LogP contribution in [0, 0.1) is 13.8 Å². The number of nitrogens with one attached hydrogen (secondary N) is 1. The van der Waals surface area contributed by atoms with Gasteiger partial charge in [0.2, 0.25) is 0 Å². The lowest BCUT2D eigenvalue weighted by Gasteiger charge is -2.39. The summed E-state index contributed by atoms with van der Waals surface area (Å²) in [5.74, 6) is -0.00915. The molecule has 0 aromatic carbocycles. The number of hydrogen-bond acceptors (Lipinski definition) is 4. The number of amides is 1. The fraction of sp³-hybridized carbons (Fsp3) is 0.600. The van der Waals surface area contributed by atoms with E-state index >= 15 is 0 Å². The third-order valence-electron chi connectivity index (χ3n) is 5.73. The van der Waals surface area contributed by atoms with Crippen LogP contribution in [0.1, 0.15) is 47.4 Å². The van der Waals surface area contributed by atoms with Crippen molar-refractivity contribution in [2.75, 3.05) is 26.3 Å². The number of rotatable bonds is 3. The van der Waals surface area contributed by atoms with E-state index in [1.165, 1.54) is 0 Å². The topological polar surface area (TPSA) is 58.9 Å². The van der Waals surface area contributed by atoms with Gasteiger partial charge in [-0.2, -0.15) is 0 Å². The molecule has 2 aliphatic rings. The number of ether oxygens (including phenoxy) is 1. The number of aromatic nitrogens is 2. The first kappa shape index (κ1) is 17.5. The van der Waals surface area contributed by atoms with Crippen LogP contribution < -0.4 is 5.32 Å². The number of likely N-dealkylation sites (tertiary alicyclic amines) is 1. The second-order valence-corrected chi connectivity index (χ2v) is 7.61. The number of carbonyl (C=O) groups excluding carboxylic acids is 1. The van der Waals surface area contributed by atoms with Crippen LogP contribution in [0.4, 0.5) is 0 Å². The van der Waals surface area contributed by atoms with E-state index in [4.69, 9.17) is 4.74 Å². The van der Waals surface area contributed by atoms with Gasteiger partial charge in [0.1, 0.15) is 11.3 Å². The minimum atomic E-state index is -0.00915. The summed E-state index contributed by atoms with van der Waals surface area (Å²) in [5, 5.41) is 3.25. The lowest BCUT2D eigenvalue weighted by molar-refractivity contribution is 0.0238. The first-order valence-electron chi connectivity index (χ1n) is 9.70. The van der Waals surface area contributed by atoms with Gasteiger partial charge in [0, 0.05) is 44.6 Å². The highest BCUT2D eigenvalue weighted by molar-refractivity contribution is 5.94. The molecule has 2 aromatic heterocycles. The van der Waals surface area contributed by atoms with E-state index in [0.29, 0.717) is 11.7 Å². The molecule has 0 unspecified atom stereocenters. The zero-order chi connectivity index (χ0) is 18.1. The van der Waals surface area contributed by atoms with Crippen LogP contribution in [0.3, 0.4) is 0 Å². The Morgan fingerprint density at radius 1 is 1.15 bits per heavy atom. The molecule has 0 aliphatic carbocycles. The monoisotopic (exact) mass is 356 g/mol. The molecule has 2 aliphatic heterocycles. The molecule has 1 N–H and O–H groups in total. The van der Waals surface area contributed by atoms with Gasteiger partial charge in [0.25, 0.3) is 5.91 Å². The fourth-order valence-electron chi connectivity index (χ4n) is 4.26.